The second-order valence-electron chi connectivity index (χ2n) is 9.43. The number of aromatic nitrogens is 2. The van der Waals surface area contributed by atoms with Gasteiger partial charge in [-0.05, 0) is 48.4 Å². The summed E-state index contributed by atoms with van der Waals surface area (Å²) in [5.41, 5.74) is 4.55. The molecular formula is C28H30N4O3. The number of fused-ring (bicyclic) bond motifs is 2. The Bertz CT molecular complexity index is 1280. The van der Waals surface area contributed by atoms with E-state index < -0.39 is 0 Å². The molecule has 1 N–H and O–H groups in total. The maximum Gasteiger partial charge on any atom is 0.267 e. The molecule has 0 bridgehead atoms. The first-order valence-electron chi connectivity index (χ1n) is 12.4. The lowest BCUT2D eigenvalue weighted by molar-refractivity contribution is -0.122. The summed E-state index contributed by atoms with van der Waals surface area (Å²) in [5.74, 6) is -0.311. The van der Waals surface area contributed by atoms with Gasteiger partial charge in [0.05, 0.1) is 5.69 Å². The van der Waals surface area contributed by atoms with E-state index in [0.717, 1.165) is 60.1 Å². The van der Waals surface area contributed by atoms with Crippen molar-refractivity contribution in [2.75, 3.05) is 13.1 Å². The average Bonchev–Trinajstić information content (AvgIpc) is 3.02. The third kappa shape index (κ3) is 5.19. The van der Waals surface area contributed by atoms with E-state index >= 15 is 0 Å². The lowest BCUT2D eigenvalue weighted by Crippen LogP contribution is -2.39. The first-order chi connectivity index (χ1) is 17.1. The second kappa shape index (κ2) is 10.3. The van der Waals surface area contributed by atoms with Crippen molar-refractivity contribution in [2.24, 2.45) is 0 Å². The molecule has 0 saturated heterocycles. The number of benzene rings is 2. The molecule has 0 saturated carbocycles. The smallest absolute Gasteiger partial charge is 0.267 e. The molecule has 5 rings (SSSR count). The number of hydrogen-bond acceptors (Lipinski definition) is 4. The minimum Gasteiger partial charge on any atom is -0.354 e. The van der Waals surface area contributed by atoms with Gasteiger partial charge >= 0.3 is 0 Å². The zero-order valence-electron chi connectivity index (χ0n) is 19.8. The number of hydrogen-bond donors (Lipinski definition) is 1. The molecule has 35 heavy (non-hydrogen) atoms. The van der Waals surface area contributed by atoms with Crippen LogP contribution in [-0.2, 0) is 30.7 Å². The van der Waals surface area contributed by atoms with Crippen molar-refractivity contribution in [3.63, 3.8) is 0 Å². The quantitative estimate of drug-likeness (QED) is 0.538. The van der Waals surface area contributed by atoms with E-state index in [1.807, 2.05) is 59.5 Å². The van der Waals surface area contributed by atoms with Crippen molar-refractivity contribution in [3.05, 3.63) is 99.0 Å². The number of amides is 2. The predicted octanol–water partition coefficient (Wildman–Crippen LogP) is 3.07. The van der Waals surface area contributed by atoms with Crippen LogP contribution in [0.5, 0.6) is 0 Å². The van der Waals surface area contributed by atoms with Gasteiger partial charge in [-0.3, -0.25) is 14.4 Å². The summed E-state index contributed by atoms with van der Waals surface area (Å²) in [4.78, 5) is 40.1. The third-order valence-electron chi connectivity index (χ3n) is 6.97. The van der Waals surface area contributed by atoms with Crippen molar-refractivity contribution in [1.29, 1.82) is 0 Å². The van der Waals surface area contributed by atoms with Gasteiger partial charge in [-0.25, -0.2) is 4.68 Å². The lowest BCUT2D eigenvalue weighted by atomic mass is 9.98. The summed E-state index contributed by atoms with van der Waals surface area (Å²) in [6.07, 6.45) is 4.99. The van der Waals surface area contributed by atoms with E-state index in [-0.39, 0.29) is 29.8 Å². The number of aryl methyl sites for hydroxylation is 2. The standard InChI is InChI=1S/C28H30N4O3/c33-26(19-32-27(34)15-21-11-5-2-6-14-25(21)30-32)29-16-23(20-9-3-1-4-10-20)18-31-17-22-12-7-8-13-24(22)28(31)35/h1,3-4,7-10,12-13,15,23H,2,5-6,11,14,16-19H2,(H,29,33)/t23-/m0/s1. The molecule has 0 radical (unpaired) electrons. The van der Waals surface area contributed by atoms with Crippen molar-refractivity contribution in [3.8, 4) is 0 Å². The first kappa shape index (κ1) is 23.0. The molecule has 2 aromatic carbocycles. The Labute approximate surface area is 204 Å². The molecule has 7 heteroatoms. The van der Waals surface area contributed by atoms with E-state index in [1.165, 1.54) is 4.68 Å². The summed E-state index contributed by atoms with van der Waals surface area (Å²) in [6.45, 7) is 1.32. The minimum absolute atomic E-state index is 0.0218. The van der Waals surface area contributed by atoms with E-state index in [4.69, 9.17) is 0 Å². The van der Waals surface area contributed by atoms with Crippen LogP contribution in [0.15, 0.2) is 65.5 Å². The summed E-state index contributed by atoms with van der Waals surface area (Å²) >= 11 is 0. The van der Waals surface area contributed by atoms with Crippen LogP contribution in [0.1, 0.15) is 57.9 Å². The van der Waals surface area contributed by atoms with Crippen LogP contribution in [-0.4, -0.2) is 39.6 Å². The molecule has 1 atom stereocenters. The van der Waals surface area contributed by atoms with Gasteiger partial charge in [0.15, 0.2) is 0 Å². The molecule has 1 aliphatic heterocycles. The molecule has 7 nitrogen and oxygen atoms in total. The maximum atomic E-state index is 12.9. The van der Waals surface area contributed by atoms with Crippen molar-refractivity contribution in [1.82, 2.24) is 20.0 Å². The molecule has 0 spiro atoms. The number of carbonyl (C=O) groups is 2. The van der Waals surface area contributed by atoms with Crippen LogP contribution in [0.4, 0.5) is 0 Å². The van der Waals surface area contributed by atoms with Crippen LogP contribution in [0.3, 0.4) is 0 Å². The Morgan fingerprint density at radius 1 is 0.943 bits per heavy atom. The fraction of sp³-hybridized carbons (Fsp3) is 0.357. The fourth-order valence-electron chi connectivity index (χ4n) is 5.06. The summed E-state index contributed by atoms with van der Waals surface area (Å²) in [7, 11) is 0. The molecule has 0 unspecified atom stereocenters. The Morgan fingerprint density at radius 2 is 1.71 bits per heavy atom. The lowest BCUT2D eigenvalue weighted by Gasteiger charge is -2.24. The van der Waals surface area contributed by atoms with Gasteiger partial charge in [0.1, 0.15) is 6.54 Å². The van der Waals surface area contributed by atoms with Crippen molar-refractivity contribution >= 4 is 11.8 Å². The highest BCUT2D eigenvalue weighted by Crippen LogP contribution is 2.26. The van der Waals surface area contributed by atoms with Gasteiger partial charge in [-0.1, -0.05) is 55.0 Å². The first-order valence-corrected chi connectivity index (χ1v) is 12.4. The predicted molar refractivity (Wildman–Crippen MR) is 133 cm³/mol. The van der Waals surface area contributed by atoms with E-state index in [2.05, 4.69) is 10.4 Å². The monoisotopic (exact) mass is 470 g/mol. The van der Waals surface area contributed by atoms with Gasteiger partial charge in [0.25, 0.3) is 11.5 Å². The van der Waals surface area contributed by atoms with Crippen LogP contribution >= 0.6 is 0 Å². The van der Waals surface area contributed by atoms with Crippen molar-refractivity contribution in [2.45, 2.75) is 51.1 Å². The van der Waals surface area contributed by atoms with Crippen LogP contribution in [0.2, 0.25) is 0 Å². The highest BCUT2D eigenvalue weighted by atomic mass is 16.2. The van der Waals surface area contributed by atoms with Crippen LogP contribution in [0.25, 0.3) is 0 Å². The normalized spacial score (nSPS) is 15.8. The molecular weight excluding hydrogens is 440 g/mol. The van der Waals surface area contributed by atoms with Gasteiger partial charge in [0.2, 0.25) is 5.91 Å². The Hall–Kier alpha value is -3.74. The summed E-state index contributed by atoms with van der Waals surface area (Å²) in [6, 6.07) is 19.2. The van der Waals surface area contributed by atoms with Crippen LogP contribution in [0, 0.1) is 0 Å². The second-order valence-corrected chi connectivity index (χ2v) is 9.43. The van der Waals surface area contributed by atoms with Gasteiger partial charge < -0.3 is 10.2 Å². The zero-order valence-corrected chi connectivity index (χ0v) is 19.8. The van der Waals surface area contributed by atoms with Gasteiger partial charge in [-0.15, -0.1) is 0 Å². The number of carbonyl (C=O) groups excluding carboxylic acids is 2. The highest BCUT2D eigenvalue weighted by molar-refractivity contribution is 5.98. The zero-order chi connectivity index (χ0) is 24.2. The number of rotatable bonds is 7. The summed E-state index contributed by atoms with van der Waals surface area (Å²) in [5, 5.41) is 7.49. The summed E-state index contributed by atoms with van der Waals surface area (Å²) < 4.78 is 1.28. The molecule has 0 fully saturated rings. The van der Waals surface area contributed by atoms with Gasteiger partial charge in [-0.2, -0.15) is 5.10 Å². The Morgan fingerprint density at radius 3 is 2.54 bits per heavy atom. The molecule has 180 valence electrons. The van der Waals surface area contributed by atoms with Crippen molar-refractivity contribution < 1.29 is 9.59 Å². The Balaban J connectivity index is 1.27. The topological polar surface area (TPSA) is 84.3 Å². The Kier molecular flexibility index (Phi) is 6.75. The molecule has 2 heterocycles. The number of nitrogens with zero attached hydrogens (tertiary/aromatic N) is 3. The van der Waals surface area contributed by atoms with E-state index in [0.29, 0.717) is 19.6 Å². The molecule has 2 aliphatic rings. The van der Waals surface area contributed by atoms with Gasteiger partial charge in [0, 0.05) is 37.2 Å². The SMILES string of the molecule is O=C(Cn1nc2c(cc1=O)CCCCC2)NC[C@@H](CN1Cc2ccccc2C1=O)c1ccccc1. The third-order valence-corrected chi connectivity index (χ3v) is 6.97. The van der Waals surface area contributed by atoms with E-state index in [1.54, 1.807) is 6.07 Å². The average molecular weight is 471 g/mol. The minimum atomic E-state index is -0.259. The molecule has 1 aromatic heterocycles. The molecule has 3 aromatic rings. The maximum absolute atomic E-state index is 12.9. The van der Waals surface area contributed by atoms with E-state index in [9.17, 15) is 14.4 Å². The fourth-order valence-corrected chi connectivity index (χ4v) is 5.06. The largest absolute Gasteiger partial charge is 0.354 e. The number of nitrogens with one attached hydrogen (secondary N) is 1. The van der Waals surface area contributed by atoms with Crippen LogP contribution < -0.4 is 10.9 Å². The highest BCUT2D eigenvalue weighted by Gasteiger charge is 2.29. The molecule has 1 aliphatic carbocycles. The molecule has 2 amide bonds.